The Morgan fingerprint density at radius 1 is 1.15 bits per heavy atom. The van der Waals surface area contributed by atoms with Crippen molar-refractivity contribution < 1.29 is 19.2 Å². The number of benzene rings is 1. The number of imide groups is 2. The lowest BCUT2D eigenvalue weighted by atomic mass is 9.87. The summed E-state index contributed by atoms with van der Waals surface area (Å²) in [6.45, 7) is 0.461. The molecule has 26 heavy (non-hydrogen) atoms. The van der Waals surface area contributed by atoms with Crippen molar-refractivity contribution in [3.05, 3.63) is 34.9 Å². The van der Waals surface area contributed by atoms with Crippen LogP contribution in [0.1, 0.15) is 52.0 Å². The summed E-state index contributed by atoms with van der Waals surface area (Å²) >= 11 is 0. The van der Waals surface area contributed by atoms with E-state index in [1.54, 1.807) is 12.1 Å². The highest BCUT2D eigenvalue weighted by Crippen LogP contribution is 2.30. The molecule has 4 rings (SSSR count). The minimum atomic E-state index is -0.939. The van der Waals surface area contributed by atoms with E-state index in [9.17, 15) is 19.2 Å². The maximum Gasteiger partial charge on any atom is 0.262 e. The molecule has 1 atom stereocenters. The Labute approximate surface area is 150 Å². The van der Waals surface area contributed by atoms with E-state index in [0.717, 1.165) is 23.3 Å². The van der Waals surface area contributed by atoms with Gasteiger partial charge < -0.3 is 11.1 Å². The van der Waals surface area contributed by atoms with E-state index in [-0.39, 0.29) is 24.8 Å². The van der Waals surface area contributed by atoms with Gasteiger partial charge in [0.15, 0.2) is 0 Å². The molecule has 0 radical (unpaired) electrons. The first kappa shape index (κ1) is 16.9. The van der Waals surface area contributed by atoms with Gasteiger partial charge in [0.2, 0.25) is 11.8 Å². The molecule has 2 fully saturated rings. The lowest BCUT2D eigenvalue weighted by molar-refractivity contribution is -0.136. The van der Waals surface area contributed by atoms with Crippen molar-refractivity contribution in [2.75, 3.05) is 0 Å². The van der Waals surface area contributed by atoms with Crippen molar-refractivity contribution in [2.45, 2.75) is 50.4 Å². The largest absolute Gasteiger partial charge is 0.328 e. The molecule has 1 aliphatic carbocycles. The molecule has 1 saturated carbocycles. The van der Waals surface area contributed by atoms with Gasteiger partial charge in [0.25, 0.3) is 11.8 Å². The fraction of sp³-hybridized carbons (Fsp3) is 0.444. The molecule has 2 heterocycles. The van der Waals surface area contributed by atoms with Crippen LogP contribution in [-0.4, -0.2) is 46.7 Å². The molecule has 8 nitrogen and oxygen atoms in total. The molecule has 136 valence electrons. The minimum Gasteiger partial charge on any atom is -0.328 e. The standard InChI is InChI=1S/C18H20N4O4/c19-10-6-11(7-10)20-8-9-2-1-3-12-15(9)18(26)22(17(12)25)13-4-5-14(23)21-16(13)24/h1-3,10-11,13,20H,4-8,19H2,(H,21,23,24). The van der Waals surface area contributed by atoms with Gasteiger partial charge in [0.05, 0.1) is 11.1 Å². The van der Waals surface area contributed by atoms with Crippen molar-refractivity contribution in [1.29, 1.82) is 0 Å². The first-order valence-corrected chi connectivity index (χ1v) is 8.78. The van der Waals surface area contributed by atoms with E-state index in [1.165, 1.54) is 0 Å². The molecule has 1 aromatic carbocycles. The molecule has 4 N–H and O–H groups in total. The van der Waals surface area contributed by atoms with Gasteiger partial charge in [-0.1, -0.05) is 12.1 Å². The van der Waals surface area contributed by atoms with Crippen molar-refractivity contribution in [3.8, 4) is 0 Å². The van der Waals surface area contributed by atoms with Crippen molar-refractivity contribution in [3.63, 3.8) is 0 Å². The summed E-state index contributed by atoms with van der Waals surface area (Å²) in [6.07, 6.45) is 2.05. The maximum absolute atomic E-state index is 12.9. The SMILES string of the molecule is NC1CC(NCc2cccc3c2C(=O)N(C2CCC(=O)NC2=O)C3=O)C1. The number of nitrogens with one attached hydrogen (secondary N) is 2. The van der Waals surface area contributed by atoms with Crippen LogP contribution in [0.2, 0.25) is 0 Å². The van der Waals surface area contributed by atoms with Gasteiger partial charge in [-0.25, -0.2) is 0 Å². The maximum atomic E-state index is 12.9. The van der Waals surface area contributed by atoms with Gasteiger partial charge in [-0.2, -0.15) is 0 Å². The quantitative estimate of drug-likeness (QED) is 0.635. The molecule has 0 bridgehead atoms. The number of carbonyl (C=O) groups excluding carboxylic acids is 4. The first-order chi connectivity index (χ1) is 12.5. The molecule has 1 unspecified atom stereocenters. The zero-order valence-electron chi connectivity index (χ0n) is 14.2. The fourth-order valence-corrected chi connectivity index (χ4v) is 3.82. The molecule has 0 aromatic heterocycles. The van der Waals surface area contributed by atoms with E-state index in [2.05, 4.69) is 10.6 Å². The second-order valence-electron chi connectivity index (χ2n) is 7.10. The van der Waals surface area contributed by atoms with Crippen molar-refractivity contribution >= 4 is 23.6 Å². The number of rotatable bonds is 4. The summed E-state index contributed by atoms with van der Waals surface area (Å²) in [4.78, 5) is 50.1. The molecule has 2 aliphatic heterocycles. The minimum absolute atomic E-state index is 0.111. The first-order valence-electron chi connectivity index (χ1n) is 8.78. The summed E-state index contributed by atoms with van der Waals surface area (Å²) in [5.74, 6) is -1.93. The fourth-order valence-electron chi connectivity index (χ4n) is 3.82. The number of carbonyl (C=O) groups is 4. The zero-order chi connectivity index (χ0) is 18.4. The molecular weight excluding hydrogens is 336 g/mol. The van der Waals surface area contributed by atoms with Crippen LogP contribution in [0.5, 0.6) is 0 Å². The van der Waals surface area contributed by atoms with Gasteiger partial charge >= 0.3 is 0 Å². The van der Waals surface area contributed by atoms with Crippen LogP contribution >= 0.6 is 0 Å². The van der Waals surface area contributed by atoms with E-state index in [4.69, 9.17) is 5.73 Å². The highest BCUT2D eigenvalue weighted by Gasteiger charge is 2.45. The number of piperidine rings is 1. The highest BCUT2D eigenvalue weighted by molar-refractivity contribution is 6.24. The topological polar surface area (TPSA) is 122 Å². The van der Waals surface area contributed by atoms with E-state index >= 15 is 0 Å². The van der Waals surface area contributed by atoms with Crippen LogP contribution in [0.15, 0.2) is 18.2 Å². The lowest BCUT2D eigenvalue weighted by Gasteiger charge is -2.33. The number of hydrogen-bond acceptors (Lipinski definition) is 6. The number of nitrogens with zero attached hydrogens (tertiary/aromatic N) is 1. The van der Waals surface area contributed by atoms with Gasteiger partial charge in [0, 0.05) is 25.0 Å². The Hall–Kier alpha value is -2.58. The van der Waals surface area contributed by atoms with Gasteiger partial charge in [-0.05, 0) is 30.9 Å². The van der Waals surface area contributed by atoms with Crippen LogP contribution in [0, 0.1) is 0 Å². The normalized spacial score (nSPS) is 28.0. The molecule has 3 aliphatic rings. The van der Waals surface area contributed by atoms with Crippen LogP contribution in [-0.2, 0) is 16.1 Å². The third-order valence-electron chi connectivity index (χ3n) is 5.31. The zero-order valence-corrected chi connectivity index (χ0v) is 14.2. The molecule has 1 saturated heterocycles. The van der Waals surface area contributed by atoms with Crippen LogP contribution < -0.4 is 16.4 Å². The van der Waals surface area contributed by atoms with Crippen molar-refractivity contribution in [1.82, 2.24) is 15.5 Å². The summed E-state index contributed by atoms with van der Waals surface area (Å²) in [5, 5.41) is 5.55. The van der Waals surface area contributed by atoms with Crippen LogP contribution in [0.25, 0.3) is 0 Å². The summed E-state index contributed by atoms with van der Waals surface area (Å²) < 4.78 is 0. The molecule has 8 heteroatoms. The van der Waals surface area contributed by atoms with E-state index < -0.39 is 23.8 Å². The number of nitrogens with two attached hydrogens (primary N) is 1. The van der Waals surface area contributed by atoms with Crippen LogP contribution in [0.3, 0.4) is 0 Å². The summed E-state index contributed by atoms with van der Waals surface area (Å²) in [7, 11) is 0. The highest BCUT2D eigenvalue weighted by atomic mass is 16.2. The third kappa shape index (κ3) is 2.71. The van der Waals surface area contributed by atoms with Crippen molar-refractivity contribution in [2.24, 2.45) is 5.73 Å². The Morgan fingerprint density at radius 3 is 2.62 bits per heavy atom. The van der Waals surface area contributed by atoms with Crippen LogP contribution in [0.4, 0.5) is 0 Å². The Morgan fingerprint density at radius 2 is 1.92 bits per heavy atom. The summed E-state index contributed by atoms with van der Waals surface area (Å²) in [6, 6.07) is 4.75. The number of amides is 4. The smallest absolute Gasteiger partial charge is 0.262 e. The molecular formula is C18H20N4O4. The molecule has 0 spiro atoms. The second-order valence-corrected chi connectivity index (χ2v) is 7.10. The third-order valence-corrected chi connectivity index (χ3v) is 5.31. The predicted molar refractivity (Wildman–Crippen MR) is 91.0 cm³/mol. The average molecular weight is 356 g/mol. The van der Waals surface area contributed by atoms with Gasteiger partial charge in [-0.15, -0.1) is 0 Å². The average Bonchev–Trinajstić information content (AvgIpc) is 2.83. The van der Waals surface area contributed by atoms with E-state index in [0.29, 0.717) is 23.7 Å². The van der Waals surface area contributed by atoms with Gasteiger partial charge in [0.1, 0.15) is 6.04 Å². The monoisotopic (exact) mass is 356 g/mol. The predicted octanol–water partition coefficient (Wildman–Crippen LogP) is -0.333. The second kappa shape index (κ2) is 6.30. The number of hydrogen-bond donors (Lipinski definition) is 3. The van der Waals surface area contributed by atoms with E-state index in [1.807, 2.05) is 6.07 Å². The molecule has 4 amide bonds. The Bertz CT molecular complexity index is 815. The Kier molecular flexibility index (Phi) is 4.08. The Balaban J connectivity index is 1.57. The lowest BCUT2D eigenvalue weighted by Crippen LogP contribution is -2.54. The molecule has 1 aromatic rings. The van der Waals surface area contributed by atoms with Gasteiger partial charge in [-0.3, -0.25) is 29.4 Å². The summed E-state index contributed by atoms with van der Waals surface area (Å²) in [5.41, 5.74) is 7.17. The number of fused-ring (bicyclic) bond motifs is 1.